The number of carboxylic acid groups (broad SMARTS) is 1. The van der Waals surface area contributed by atoms with Crippen LogP contribution in [0.2, 0.25) is 0 Å². The Labute approximate surface area is 279 Å². The summed E-state index contributed by atoms with van der Waals surface area (Å²) in [6.07, 6.45) is -13.3. The number of hydrogen-bond donors (Lipinski definition) is 3. The summed E-state index contributed by atoms with van der Waals surface area (Å²) >= 11 is 0. The van der Waals surface area contributed by atoms with E-state index in [1.54, 1.807) is 5.32 Å². The lowest BCUT2D eigenvalue weighted by Crippen LogP contribution is -2.53. The standard InChI is InChI=1S/C33H31F9N2O6/c34-31(35,36)19-43-29(47)44-30(23-3-1-5-26(15-23)49-32(37,38)39,24-4-2-6-27(16-24)50-33(40,41)42)17-20-9-13-25(14-10-20)48-18-21-7-11-22(12-8-21)28(45)46/h1-6,9-10,13-16,21-22H,7-8,11-12,17-19H2,(H,45,46)(H2,43,44,47)/t21-,22-. The van der Waals surface area contributed by atoms with Gasteiger partial charge in [0, 0.05) is 6.42 Å². The second kappa shape index (κ2) is 15.4. The average Bonchev–Trinajstić information content (AvgIpc) is 3.01. The zero-order chi connectivity index (χ0) is 36.7. The van der Waals surface area contributed by atoms with Gasteiger partial charge in [-0.3, -0.25) is 4.79 Å². The molecule has 3 aromatic carbocycles. The lowest BCUT2D eigenvalue weighted by atomic mass is 9.77. The molecule has 2 amide bonds. The van der Waals surface area contributed by atoms with Gasteiger partial charge in [-0.1, -0.05) is 36.4 Å². The van der Waals surface area contributed by atoms with Crippen LogP contribution < -0.4 is 24.8 Å². The summed E-state index contributed by atoms with van der Waals surface area (Å²) in [5, 5.41) is 13.2. The molecular formula is C33H31F9N2O6. The Morgan fingerprint density at radius 1 is 0.720 bits per heavy atom. The van der Waals surface area contributed by atoms with Crippen LogP contribution in [0.4, 0.5) is 44.3 Å². The molecule has 1 fully saturated rings. The van der Waals surface area contributed by atoms with E-state index in [0.717, 1.165) is 36.4 Å². The lowest BCUT2D eigenvalue weighted by Gasteiger charge is -2.37. The van der Waals surface area contributed by atoms with E-state index in [1.165, 1.54) is 36.4 Å². The Kier molecular flexibility index (Phi) is 11.7. The zero-order valence-corrected chi connectivity index (χ0v) is 25.9. The van der Waals surface area contributed by atoms with Crippen molar-refractivity contribution < 1.29 is 68.4 Å². The van der Waals surface area contributed by atoms with E-state index in [0.29, 0.717) is 37.0 Å². The molecule has 0 aromatic heterocycles. The first-order valence-corrected chi connectivity index (χ1v) is 15.1. The van der Waals surface area contributed by atoms with Crippen LogP contribution in [-0.2, 0) is 16.8 Å². The third kappa shape index (κ3) is 11.4. The van der Waals surface area contributed by atoms with Crippen LogP contribution >= 0.6 is 0 Å². The van der Waals surface area contributed by atoms with Crippen LogP contribution in [0, 0.1) is 11.8 Å². The summed E-state index contributed by atoms with van der Waals surface area (Å²) in [6.45, 7) is -1.51. The number of carbonyl (C=O) groups excluding carboxylic acids is 1. The fourth-order valence-corrected chi connectivity index (χ4v) is 5.70. The van der Waals surface area contributed by atoms with E-state index in [1.807, 2.05) is 0 Å². The molecule has 0 saturated heterocycles. The highest BCUT2D eigenvalue weighted by atomic mass is 19.4. The number of alkyl halides is 9. The first-order chi connectivity index (χ1) is 23.3. The smallest absolute Gasteiger partial charge is 0.493 e. The van der Waals surface area contributed by atoms with Gasteiger partial charge in [0.2, 0.25) is 0 Å². The fourth-order valence-electron chi connectivity index (χ4n) is 5.70. The number of halogens is 9. The minimum Gasteiger partial charge on any atom is -0.493 e. The highest BCUT2D eigenvalue weighted by molar-refractivity contribution is 5.76. The van der Waals surface area contributed by atoms with Gasteiger partial charge in [0.1, 0.15) is 23.8 Å². The lowest BCUT2D eigenvalue weighted by molar-refractivity contribution is -0.275. The number of urea groups is 1. The summed E-state index contributed by atoms with van der Waals surface area (Å²) in [5.41, 5.74) is -2.16. The molecule has 0 atom stereocenters. The van der Waals surface area contributed by atoms with Gasteiger partial charge >= 0.3 is 30.9 Å². The van der Waals surface area contributed by atoms with Crippen molar-refractivity contribution in [3.63, 3.8) is 0 Å². The second-order valence-corrected chi connectivity index (χ2v) is 11.7. The molecule has 1 aliphatic carbocycles. The SMILES string of the molecule is O=C(NCC(F)(F)F)NC(Cc1ccc(OC[C@H]2CC[C@H](C(=O)O)CC2)cc1)(c1cccc(OC(F)(F)F)c1)c1cccc(OC(F)(F)F)c1. The molecule has 272 valence electrons. The van der Waals surface area contributed by atoms with E-state index in [4.69, 9.17) is 4.74 Å². The van der Waals surface area contributed by atoms with Crippen molar-refractivity contribution in [3.8, 4) is 17.2 Å². The fraction of sp³-hybridized carbons (Fsp3) is 0.394. The molecule has 1 aliphatic rings. The molecule has 17 heteroatoms. The summed E-state index contributed by atoms with van der Waals surface area (Å²) in [6, 6.07) is 12.8. The second-order valence-electron chi connectivity index (χ2n) is 11.7. The summed E-state index contributed by atoms with van der Waals surface area (Å²) < 4.78 is 132. The number of ether oxygens (including phenoxy) is 3. The van der Waals surface area contributed by atoms with Crippen LogP contribution in [0.3, 0.4) is 0 Å². The number of rotatable bonds is 12. The summed E-state index contributed by atoms with van der Waals surface area (Å²) in [5.74, 6) is -2.31. The quantitative estimate of drug-likeness (QED) is 0.163. The van der Waals surface area contributed by atoms with Gasteiger partial charge in [-0.2, -0.15) is 13.2 Å². The van der Waals surface area contributed by atoms with Crippen LogP contribution in [0.15, 0.2) is 72.8 Å². The predicted molar refractivity (Wildman–Crippen MR) is 158 cm³/mol. The number of hydrogen-bond acceptors (Lipinski definition) is 5. The first kappa shape index (κ1) is 38.0. The molecule has 0 aliphatic heterocycles. The minimum absolute atomic E-state index is 0.106. The molecule has 0 unspecified atom stereocenters. The average molecular weight is 723 g/mol. The number of benzene rings is 3. The topological polar surface area (TPSA) is 106 Å². The minimum atomic E-state index is -5.16. The van der Waals surface area contributed by atoms with E-state index in [2.05, 4.69) is 14.8 Å². The van der Waals surface area contributed by atoms with E-state index in [9.17, 15) is 54.2 Å². The molecular weight excluding hydrogens is 691 g/mol. The number of carbonyl (C=O) groups is 2. The molecule has 1 saturated carbocycles. The molecule has 3 aromatic rings. The molecule has 4 rings (SSSR count). The predicted octanol–water partition coefficient (Wildman–Crippen LogP) is 8.10. The van der Waals surface area contributed by atoms with Gasteiger partial charge in [-0.15, -0.1) is 26.3 Å². The van der Waals surface area contributed by atoms with Crippen molar-refractivity contribution >= 4 is 12.0 Å². The monoisotopic (exact) mass is 722 g/mol. The maximum atomic E-state index is 13.2. The largest absolute Gasteiger partial charge is 0.573 e. The van der Waals surface area contributed by atoms with Gasteiger partial charge in [-0.25, -0.2) is 4.79 Å². The Bertz CT molecular complexity index is 1540. The number of nitrogens with one attached hydrogen (secondary N) is 2. The highest BCUT2D eigenvalue weighted by Gasteiger charge is 2.40. The normalized spacial score (nSPS) is 17.1. The van der Waals surface area contributed by atoms with Crippen molar-refractivity contribution in [2.24, 2.45) is 11.8 Å². The van der Waals surface area contributed by atoms with Crippen molar-refractivity contribution in [2.75, 3.05) is 13.2 Å². The Morgan fingerprint density at radius 3 is 1.70 bits per heavy atom. The van der Waals surface area contributed by atoms with E-state index in [-0.39, 0.29) is 23.7 Å². The number of carboxylic acids is 1. The van der Waals surface area contributed by atoms with Crippen LogP contribution in [0.1, 0.15) is 42.4 Å². The Balaban J connectivity index is 1.72. The van der Waals surface area contributed by atoms with Crippen LogP contribution in [0.5, 0.6) is 17.2 Å². The van der Waals surface area contributed by atoms with Crippen LogP contribution in [-0.4, -0.2) is 49.2 Å². The Morgan fingerprint density at radius 2 is 1.24 bits per heavy atom. The third-order valence-electron chi connectivity index (χ3n) is 7.97. The molecule has 0 spiro atoms. The van der Waals surface area contributed by atoms with E-state index < -0.39 is 66.8 Å². The van der Waals surface area contributed by atoms with Gasteiger partial charge in [0.25, 0.3) is 0 Å². The molecule has 3 N–H and O–H groups in total. The van der Waals surface area contributed by atoms with Crippen molar-refractivity contribution in [1.29, 1.82) is 0 Å². The van der Waals surface area contributed by atoms with Gasteiger partial charge in [0.15, 0.2) is 0 Å². The molecule has 0 heterocycles. The first-order valence-electron chi connectivity index (χ1n) is 15.1. The van der Waals surface area contributed by atoms with E-state index >= 15 is 0 Å². The van der Waals surface area contributed by atoms with Crippen LogP contribution in [0.25, 0.3) is 0 Å². The summed E-state index contributed by atoms with van der Waals surface area (Å²) in [4.78, 5) is 24.2. The number of aliphatic carboxylic acids is 1. The highest BCUT2D eigenvalue weighted by Crippen LogP contribution is 2.39. The zero-order valence-electron chi connectivity index (χ0n) is 25.9. The maximum Gasteiger partial charge on any atom is 0.573 e. The molecule has 8 nitrogen and oxygen atoms in total. The molecule has 0 bridgehead atoms. The molecule has 0 radical (unpaired) electrons. The Hall–Kier alpha value is -4.83. The van der Waals surface area contributed by atoms with Crippen molar-refractivity contribution in [1.82, 2.24) is 10.6 Å². The van der Waals surface area contributed by atoms with Crippen molar-refractivity contribution in [2.45, 2.75) is 56.5 Å². The van der Waals surface area contributed by atoms with Gasteiger partial charge in [-0.05, 0) is 84.7 Å². The van der Waals surface area contributed by atoms with Gasteiger partial charge in [0.05, 0.1) is 18.1 Å². The third-order valence-corrected chi connectivity index (χ3v) is 7.97. The maximum absolute atomic E-state index is 13.2. The van der Waals surface area contributed by atoms with Crippen molar-refractivity contribution in [3.05, 3.63) is 89.5 Å². The van der Waals surface area contributed by atoms with Gasteiger partial charge < -0.3 is 30.0 Å². The number of amides is 2. The molecule has 50 heavy (non-hydrogen) atoms. The summed E-state index contributed by atoms with van der Waals surface area (Å²) in [7, 11) is 0.